The number of hydrogen-bond acceptors (Lipinski definition) is 1. The van der Waals surface area contributed by atoms with Crippen LogP contribution in [0.25, 0.3) is 0 Å². The minimum atomic E-state index is 0.307. The van der Waals surface area contributed by atoms with Crippen LogP contribution >= 0.6 is 0 Å². The van der Waals surface area contributed by atoms with E-state index in [1.165, 1.54) is 25.7 Å². The van der Waals surface area contributed by atoms with Gasteiger partial charge in [-0.05, 0) is 13.3 Å². The lowest BCUT2D eigenvalue weighted by molar-refractivity contribution is -0.117. The Kier molecular flexibility index (Phi) is 86.2. The minimum absolute atomic E-state index is 0.307. The first kappa shape index (κ1) is 31.2. The van der Waals surface area contributed by atoms with Crippen molar-refractivity contribution in [2.75, 3.05) is 0 Å². The Morgan fingerprint density at radius 3 is 0.947 bits per heavy atom. The number of carbonyl (C=O) groups excluding carboxylic acids is 1. The molecule has 0 rings (SSSR count). The molecular formula is C18H44O. The van der Waals surface area contributed by atoms with Gasteiger partial charge in [-0.1, -0.05) is 94.4 Å². The fraction of sp³-hybridized carbons (Fsp3) is 0.944. The fourth-order valence-electron chi connectivity index (χ4n) is 0.426. The molecule has 122 valence electrons. The van der Waals surface area contributed by atoms with Crippen molar-refractivity contribution in [1.82, 2.24) is 0 Å². The molecule has 0 saturated carbocycles. The molecule has 0 saturated heterocycles. The molecule has 0 spiro atoms. The van der Waals surface area contributed by atoms with E-state index in [2.05, 4.69) is 34.6 Å². The SMILES string of the molecule is CC.CC.CCCC.CCCC.CCCCC(C)=O. The average Bonchev–Trinajstić information content (AvgIpc) is 2.49. The van der Waals surface area contributed by atoms with Crippen LogP contribution in [-0.4, -0.2) is 5.78 Å². The maximum absolute atomic E-state index is 10.2. The van der Waals surface area contributed by atoms with Crippen LogP contribution in [0.15, 0.2) is 0 Å². The van der Waals surface area contributed by atoms with Crippen LogP contribution in [-0.2, 0) is 4.79 Å². The first-order valence-corrected chi connectivity index (χ1v) is 8.59. The van der Waals surface area contributed by atoms with E-state index >= 15 is 0 Å². The zero-order valence-corrected chi connectivity index (χ0v) is 15.9. The minimum Gasteiger partial charge on any atom is -0.300 e. The van der Waals surface area contributed by atoms with Gasteiger partial charge < -0.3 is 4.79 Å². The number of ketones is 1. The maximum atomic E-state index is 10.2. The van der Waals surface area contributed by atoms with Crippen molar-refractivity contribution < 1.29 is 4.79 Å². The van der Waals surface area contributed by atoms with Crippen LogP contribution in [0.4, 0.5) is 0 Å². The zero-order valence-electron chi connectivity index (χ0n) is 15.9. The lowest BCUT2D eigenvalue weighted by Gasteiger charge is -1.86. The lowest BCUT2D eigenvalue weighted by atomic mass is 10.2. The molecule has 19 heavy (non-hydrogen) atoms. The van der Waals surface area contributed by atoms with Crippen LogP contribution in [0.3, 0.4) is 0 Å². The second-order valence-electron chi connectivity index (χ2n) is 3.81. The van der Waals surface area contributed by atoms with Crippen LogP contribution in [0, 0.1) is 0 Å². The third-order valence-corrected chi connectivity index (χ3v) is 1.88. The largest absolute Gasteiger partial charge is 0.300 e. The monoisotopic (exact) mass is 276 g/mol. The number of hydrogen-bond donors (Lipinski definition) is 0. The maximum Gasteiger partial charge on any atom is 0.129 e. The standard InChI is InChI=1S/C6H12O.2C4H10.2C2H6/c1-3-4-5-6(2)7;2*1-3-4-2;2*1-2/h3-5H2,1-2H3;2*3-4H2,1-2H3;2*1-2H3. The van der Waals surface area contributed by atoms with Crippen molar-refractivity contribution in [3.63, 3.8) is 0 Å². The first-order valence-electron chi connectivity index (χ1n) is 8.59. The van der Waals surface area contributed by atoms with Gasteiger partial charge in [0, 0.05) is 6.42 Å². The Bertz CT molecular complexity index is 89.9. The summed E-state index contributed by atoms with van der Waals surface area (Å²) in [5.74, 6) is 0.307. The van der Waals surface area contributed by atoms with E-state index in [1.807, 2.05) is 27.7 Å². The molecule has 0 atom stereocenters. The number of carbonyl (C=O) groups is 1. The summed E-state index contributed by atoms with van der Waals surface area (Å²) in [6.07, 6.45) is 8.21. The Morgan fingerprint density at radius 1 is 0.632 bits per heavy atom. The molecule has 0 aliphatic carbocycles. The fourth-order valence-corrected chi connectivity index (χ4v) is 0.426. The molecular weight excluding hydrogens is 232 g/mol. The van der Waals surface area contributed by atoms with Gasteiger partial charge in [0.2, 0.25) is 0 Å². The Morgan fingerprint density at radius 2 is 0.895 bits per heavy atom. The highest BCUT2D eigenvalue weighted by Gasteiger charge is 1.87. The van der Waals surface area contributed by atoms with E-state index in [9.17, 15) is 4.79 Å². The molecule has 0 aromatic rings. The normalized spacial score (nSPS) is 7.05. The molecule has 0 aromatic carbocycles. The van der Waals surface area contributed by atoms with E-state index in [0.29, 0.717) is 5.78 Å². The van der Waals surface area contributed by atoms with Gasteiger partial charge in [0.25, 0.3) is 0 Å². The topological polar surface area (TPSA) is 17.1 Å². The second-order valence-corrected chi connectivity index (χ2v) is 3.81. The number of Topliss-reactive ketones (excluding diaryl/α,β-unsaturated/α-hetero) is 1. The molecule has 0 aromatic heterocycles. The van der Waals surface area contributed by atoms with Gasteiger partial charge in [0.1, 0.15) is 5.78 Å². The van der Waals surface area contributed by atoms with Crippen molar-refractivity contribution in [2.45, 2.75) is 114 Å². The summed E-state index contributed by atoms with van der Waals surface area (Å²) >= 11 is 0. The van der Waals surface area contributed by atoms with Crippen molar-refractivity contribution in [3.8, 4) is 0 Å². The Balaban J connectivity index is -0.0000000475. The highest BCUT2D eigenvalue weighted by atomic mass is 16.1. The molecule has 0 bridgehead atoms. The molecule has 0 unspecified atom stereocenters. The summed E-state index contributed by atoms with van der Waals surface area (Å²) in [6, 6.07) is 0. The summed E-state index contributed by atoms with van der Waals surface area (Å²) in [5.41, 5.74) is 0. The quantitative estimate of drug-likeness (QED) is 0.510. The molecule has 0 amide bonds. The van der Waals surface area contributed by atoms with Crippen LogP contribution in [0.1, 0.15) is 114 Å². The van der Waals surface area contributed by atoms with Crippen molar-refractivity contribution in [2.24, 2.45) is 0 Å². The summed E-state index contributed by atoms with van der Waals surface area (Å²) in [6.45, 7) is 20.4. The van der Waals surface area contributed by atoms with E-state index < -0.39 is 0 Å². The summed E-state index contributed by atoms with van der Waals surface area (Å²) in [7, 11) is 0. The van der Waals surface area contributed by atoms with Gasteiger partial charge in [0.15, 0.2) is 0 Å². The van der Waals surface area contributed by atoms with Gasteiger partial charge in [-0.2, -0.15) is 0 Å². The lowest BCUT2D eigenvalue weighted by Crippen LogP contribution is -1.86. The van der Waals surface area contributed by atoms with E-state index in [1.54, 1.807) is 6.92 Å². The van der Waals surface area contributed by atoms with E-state index in [-0.39, 0.29) is 0 Å². The molecule has 0 heterocycles. The predicted octanol–water partition coefficient (Wildman–Crippen LogP) is 7.43. The Labute approximate surface area is 125 Å². The highest BCUT2D eigenvalue weighted by molar-refractivity contribution is 5.75. The van der Waals surface area contributed by atoms with Gasteiger partial charge in [-0.15, -0.1) is 0 Å². The van der Waals surface area contributed by atoms with E-state index in [0.717, 1.165) is 19.3 Å². The smallest absolute Gasteiger partial charge is 0.129 e. The molecule has 0 aliphatic heterocycles. The van der Waals surface area contributed by atoms with Gasteiger partial charge >= 0.3 is 0 Å². The van der Waals surface area contributed by atoms with Gasteiger partial charge in [-0.25, -0.2) is 0 Å². The molecule has 0 fully saturated rings. The highest BCUT2D eigenvalue weighted by Crippen LogP contribution is 1.92. The molecule has 0 radical (unpaired) electrons. The van der Waals surface area contributed by atoms with Gasteiger partial charge in [-0.3, -0.25) is 0 Å². The molecule has 0 N–H and O–H groups in total. The first-order chi connectivity index (χ1) is 9.10. The van der Waals surface area contributed by atoms with E-state index in [4.69, 9.17) is 0 Å². The number of rotatable bonds is 5. The van der Waals surface area contributed by atoms with Crippen molar-refractivity contribution in [3.05, 3.63) is 0 Å². The van der Waals surface area contributed by atoms with Crippen molar-refractivity contribution in [1.29, 1.82) is 0 Å². The number of unbranched alkanes of at least 4 members (excludes halogenated alkanes) is 3. The Hall–Kier alpha value is -0.330. The molecule has 1 nitrogen and oxygen atoms in total. The summed E-state index contributed by atoms with van der Waals surface area (Å²) in [5, 5.41) is 0. The molecule has 1 heteroatoms. The van der Waals surface area contributed by atoms with Crippen LogP contribution in [0.5, 0.6) is 0 Å². The van der Waals surface area contributed by atoms with Gasteiger partial charge in [0.05, 0.1) is 0 Å². The summed E-state index contributed by atoms with van der Waals surface area (Å²) < 4.78 is 0. The van der Waals surface area contributed by atoms with Crippen LogP contribution < -0.4 is 0 Å². The predicted molar refractivity (Wildman–Crippen MR) is 94.1 cm³/mol. The zero-order chi connectivity index (χ0) is 16.5. The second kappa shape index (κ2) is 52.5. The summed E-state index contributed by atoms with van der Waals surface area (Å²) in [4.78, 5) is 10.2. The average molecular weight is 277 g/mol. The van der Waals surface area contributed by atoms with Crippen LogP contribution in [0.2, 0.25) is 0 Å². The third kappa shape index (κ3) is 135. The third-order valence-electron chi connectivity index (χ3n) is 1.88. The molecule has 0 aliphatic rings. The van der Waals surface area contributed by atoms with Crippen molar-refractivity contribution >= 4 is 5.78 Å².